The van der Waals surface area contributed by atoms with E-state index < -0.39 is 17.6 Å². The number of halogens is 3. The van der Waals surface area contributed by atoms with Crippen LogP contribution < -0.4 is 10.5 Å². The number of nitriles is 1. The monoisotopic (exact) mass is 488 g/mol. The second kappa shape index (κ2) is 9.83. The molecule has 0 radical (unpaired) electrons. The van der Waals surface area contributed by atoms with E-state index in [-0.39, 0.29) is 47.4 Å². The summed E-state index contributed by atoms with van der Waals surface area (Å²) < 4.78 is 48.3. The van der Waals surface area contributed by atoms with E-state index in [1.807, 2.05) is 11.0 Å². The Morgan fingerprint density at radius 3 is 2.71 bits per heavy atom. The average molecular weight is 488 g/mol. The maximum absolute atomic E-state index is 13.8. The predicted octanol–water partition coefficient (Wildman–Crippen LogP) is 2.28. The summed E-state index contributed by atoms with van der Waals surface area (Å²) in [7, 11) is 1.61. The predicted molar refractivity (Wildman–Crippen MR) is 118 cm³/mol. The van der Waals surface area contributed by atoms with Gasteiger partial charge in [-0.2, -0.15) is 18.4 Å². The molecule has 0 aromatic carbocycles. The van der Waals surface area contributed by atoms with Crippen LogP contribution in [0, 0.1) is 17.2 Å². The molecule has 3 aromatic rings. The highest BCUT2D eigenvalue weighted by molar-refractivity contribution is 5.83. The van der Waals surface area contributed by atoms with Gasteiger partial charge in [-0.15, -0.1) is 5.10 Å². The van der Waals surface area contributed by atoms with E-state index in [1.165, 1.54) is 16.9 Å². The number of carbonyl (C=O) groups excluding carboxylic acids is 1. The van der Waals surface area contributed by atoms with E-state index in [1.54, 1.807) is 7.05 Å². The minimum absolute atomic E-state index is 0.0404. The molecule has 4 rings (SSSR count). The number of likely N-dealkylation sites (tertiary alicyclic amines) is 1. The van der Waals surface area contributed by atoms with Crippen LogP contribution in [0.4, 0.5) is 13.2 Å². The first-order chi connectivity index (χ1) is 16.7. The van der Waals surface area contributed by atoms with Crippen LogP contribution in [0.15, 0.2) is 18.3 Å². The Bertz CT molecular complexity index is 1280. The molecular formula is C22H23F3N8O2. The lowest BCUT2D eigenvalue weighted by Crippen LogP contribution is -2.39. The van der Waals surface area contributed by atoms with E-state index in [0.29, 0.717) is 25.0 Å². The SMILES string of the molecule is Cn1nnc2c(C#N)nc(-c3cnc(OCCC4CCN(CC(N)=O)CC4)c(C(F)(F)F)c3)cc21. The Kier molecular flexibility index (Phi) is 6.83. The smallest absolute Gasteiger partial charge is 0.421 e. The van der Waals surface area contributed by atoms with Gasteiger partial charge in [0.25, 0.3) is 0 Å². The fraction of sp³-hybridized carbons (Fsp3) is 0.455. The maximum Gasteiger partial charge on any atom is 0.421 e. The molecule has 0 atom stereocenters. The standard InChI is InChI=1S/C22H23F3N8O2/c1-32-18-9-16(29-17(10-26)20(18)30-31-32)14-8-15(22(23,24)25)21(28-11-14)35-7-4-13-2-5-33(6-3-13)12-19(27)34/h8-9,11,13H,2-7,12H2,1H3,(H2,27,34). The number of ether oxygens (including phenoxy) is 1. The third-order valence-corrected chi connectivity index (χ3v) is 6.01. The molecule has 0 bridgehead atoms. The number of nitrogens with zero attached hydrogens (tertiary/aromatic N) is 7. The number of pyridine rings is 2. The maximum atomic E-state index is 13.8. The average Bonchev–Trinajstić information content (AvgIpc) is 3.19. The molecule has 1 amide bonds. The fourth-order valence-electron chi connectivity index (χ4n) is 4.14. The lowest BCUT2D eigenvalue weighted by atomic mass is 9.94. The lowest BCUT2D eigenvalue weighted by Gasteiger charge is -2.30. The van der Waals surface area contributed by atoms with Crippen molar-refractivity contribution in [2.24, 2.45) is 18.7 Å². The largest absolute Gasteiger partial charge is 0.477 e. The lowest BCUT2D eigenvalue weighted by molar-refractivity contribution is -0.139. The third-order valence-electron chi connectivity index (χ3n) is 6.01. The molecule has 0 aliphatic carbocycles. The number of aryl methyl sites for hydroxylation is 1. The van der Waals surface area contributed by atoms with E-state index in [9.17, 15) is 23.2 Å². The molecule has 2 N–H and O–H groups in total. The van der Waals surface area contributed by atoms with Gasteiger partial charge in [0.15, 0.2) is 5.69 Å². The molecule has 0 spiro atoms. The third kappa shape index (κ3) is 5.48. The van der Waals surface area contributed by atoms with E-state index in [0.717, 1.165) is 18.9 Å². The zero-order valence-electron chi connectivity index (χ0n) is 18.9. The molecule has 1 aliphatic heterocycles. The van der Waals surface area contributed by atoms with Crippen LogP contribution in [-0.2, 0) is 18.0 Å². The van der Waals surface area contributed by atoms with E-state index >= 15 is 0 Å². The normalized spacial score (nSPS) is 15.3. The van der Waals surface area contributed by atoms with Crippen molar-refractivity contribution in [2.45, 2.75) is 25.4 Å². The van der Waals surface area contributed by atoms with Gasteiger partial charge in [0.2, 0.25) is 11.8 Å². The first-order valence-corrected chi connectivity index (χ1v) is 11.0. The van der Waals surface area contributed by atoms with Crippen molar-refractivity contribution in [1.29, 1.82) is 5.26 Å². The Labute approximate surface area is 198 Å². The Morgan fingerprint density at radius 2 is 2.06 bits per heavy atom. The Hall–Kier alpha value is -3.79. The van der Waals surface area contributed by atoms with Crippen LogP contribution in [0.1, 0.15) is 30.5 Å². The van der Waals surface area contributed by atoms with Crippen molar-refractivity contribution in [2.75, 3.05) is 26.2 Å². The van der Waals surface area contributed by atoms with Crippen LogP contribution in [0.25, 0.3) is 22.3 Å². The molecule has 1 saturated heterocycles. The number of carbonyl (C=O) groups is 1. The summed E-state index contributed by atoms with van der Waals surface area (Å²) in [5, 5.41) is 17.1. The number of aromatic nitrogens is 5. The van der Waals surface area contributed by atoms with Crippen LogP contribution in [0.5, 0.6) is 5.88 Å². The number of piperidine rings is 1. The molecule has 4 heterocycles. The molecule has 3 aromatic heterocycles. The van der Waals surface area contributed by atoms with Crippen molar-refractivity contribution >= 4 is 16.9 Å². The molecular weight excluding hydrogens is 465 g/mol. The van der Waals surface area contributed by atoms with Crippen molar-refractivity contribution in [3.8, 4) is 23.2 Å². The summed E-state index contributed by atoms with van der Waals surface area (Å²) >= 11 is 0. The first kappa shape index (κ1) is 24.3. The van der Waals surface area contributed by atoms with Crippen molar-refractivity contribution in [1.82, 2.24) is 29.9 Å². The zero-order chi connectivity index (χ0) is 25.2. The van der Waals surface area contributed by atoms with Crippen molar-refractivity contribution in [3.63, 3.8) is 0 Å². The van der Waals surface area contributed by atoms with Crippen molar-refractivity contribution in [3.05, 3.63) is 29.6 Å². The number of amides is 1. The summed E-state index contributed by atoms with van der Waals surface area (Å²) in [5.74, 6) is -0.603. The van der Waals surface area contributed by atoms with Gasteiger partial charge in [0.1, 0.15) is 17.1 Å². The Balaban J connectivity index is 1.50. The van der Waals surface area contributed by atoms with Crippen LogP contribution >= 0.6 is 0 Å². The van der Waals surface area contributed by atoms with Gasteiger partial charge in [0.05, 0.1) is 24.4 Å². The molecule has 10 nitrogen and oxygen atoms in total. The molecule has 35 heavy (non-hydrogen) atoms. The number of hydrogen-bond acceptors (Lipinski definition) is 8. The highest BCUT2D eigenvalue weighted by atomic mass is 19.4. The second-order valence-electron chi connectivity index (χ2n) is 8.45. The zero-order valence-corrected chi connectivity index (χ0v) is 18.9. The fourth-order valence-corrected chi connectivity index (χ4v) is 4.14. The van der Waals surface area contributed by atoms with E-state index in [4.69, 9.17) is 10.5 Å². The van der Waals surface area contributed by atoms with Crippen LogP contribution in [0.2, 0.25) is 0 Å². The number of primary amides is 1. The van der Waals surface area contributed by atoms with Gasteiger partial charge in [-0.25, -0.2) is 14.6 Å². The van der Waals surface area contributed by atoms with Gasteiger partial charge >= 0.3 is 6.18 Å². The van der Waals surface area contributed by atoms with Gasteiger partial charge in [-0.1, -0.05) is 5.21 Å². The van der Waals surface area contributed by atoms with Gasteiger partial charge in [-0.05, 0) is 50.4 Å². The van der Waals surface area contributed by atoms with E-state index in [2.05, 4.69) is 20.3 Å². The number of hydrogen-bond donors (Lipinski definition) is 1. The number of alkyl halides is 3. The summed E-state index contributed by atoms with van der Waals surface area (Å²) in [4.78, 5) is 21.1. The van der Waals surface area contributed by atoms with Crippen molar-refractivity contribution < 1.29 is 22.7 Å². The quantitative estimate of drug-likeness (QED) is 0.535. The number of nitrogens with two attached hydrogens (primary N) is 1. The molecule has 184 valence electrons. The summed E-state index contributed by atoms with van der Waals surface area (Å²) in [6.07, 6.45) is -1.26. The summed E-state index contributed by atoms with van der Waals surface area (Å²) in [5.41, 5.74) is 5.12. The highest BCUT2D eigenvalue weighted by Gasteiger charge is 2.36. The van der Waals surface area contributed by atoms with Crippen LogP contribution in [-0.4, -0.2) is 62.0 Å². The molecule has 1 fully saturated rings. The summed E-state index contributed by atoms with van der Waals surface area (Å²) in [6.45, 7) is 1.72. The molecule has 0 unspecified atom stereocenters. The second-order valence-corrected chi connectivity index (χ2v) is 8.45. The van der Waals surface area contributed by atoms with Gasteiger partial charge in [-0.3, -0.25) is 9.69 Å². The first-order valence-electron chi connectivity index (χ1n) is 11.0. The summed E-state index contributed by atoms with van der Waals surface area (Å²) in [6, 6.07) is 4.33. The van der Waals surface area contributed by atoms with Gasteiger partial charge in [0, 0.05) is 18.8 Å². The minimum Gasteiger partial charge on any atom is -0.477 e. The van der Waals surface area contributed by atoms with Crippen LogP contribution in [0.3, 0.4) is 0 Å². The minimum atomic E-state index is -4.70. The molecule has 0 saturated carbocycles. The van der Waals surface area contributed by atoms with Gasteiger partial charge < -0.3 is 10.5 Å². The Morgan fingerprint density at radius 1 is 1.31 bits per heavy atom. The molecule has 1 aliphatic rings. The topological polar surface area (TPSA) is 136 Å². The highest BCUT2D eigenvalue weighted by Crippen LogP contribution is 2.37. The number of fused-ring (bicyclic) bond motifs is 1. The number of rotatable bonds is 7. The molecule has 13 heteroatoms.